The Morgan fingerprint density at radius 2 is 1.02 bits per heavy atom. The molecule has 0 amide bonds. The van der Waals surface area contributed by atoms with Crippen LogP contribution in [-0.4, -0.2) is 0 Å². The number of hydrogen-bond acceptors (Lipinski definition) is 1. The van der Waals surface area contributed by atoms with Crippen molar-refractivity contribution in [2.45, 2.75) is 19.3 Å². The van der Waals surface area contributed by atoms with E-state index in [4.69, 9.17) is 0 Å². The number of benzene rings is 7. The van der Waals surface area contributed by atoms with E-state index < -0.39 is 0 Å². The van der Waals surface area contributed by atoms with E-state index in [0.717, 1.165) is 11.4 Å². The van der Waals surface area contributed by atoms with Gasteiger partial charge >= 0.3 is 0 Å². The van der Waals surface area contributed by atoms with Crippen molar-refractivity contribution >= 4 is 27.8 Å². The molecule has 0 unspecified atom stereocenters. The van der Waals surface area contributed by atoms with Gasteiger partial charge in [0, 0.05) is 22.1 Å². The van der Waals surface area contributed by atoms with Crippen molar-refractivity contribution in [3.05, 3.63) is 175 Å². The Bertz CT molecular complexity index is 2140. The van der Waals surface area contributed by atoms with E-state index in [1.165, 1.54) is 61.0 Å². The van der Waals surface area contributed by atoms with E-state index in [1.54, 1.807) is 0 Å². The van der Waals surface area contributed by atoms with Gasteiger partial charge in [0.05, 0.1) is 11.4 Å². The molecule has 0 aromatic heterocycles. The van der Waals surface area contributed by atoms with Gasteiger partial charge in [0.2, 0.25) is 0 Å². The maximum atomic E-state index is 2.52. The van der Waals surface area contributed by atoms with Crippen molar-refractivity contribution in [2.75, 3.05) is 4.90 Å². The van der Waals surface area contributed by atoms with E-state index in [-0.39, 0.29) is 5.41 Å². The smallest absolute Gasteiger partial charge is 0.0587 e. The lowest BCUT2D eigenvalue weighted by atomic mass is 9.80. The highest BCUT2D eigenvalue weighted by atomic mass is 15.2. The molecule has 0 spiro atoms. The van der Waals surface area contributed by atoms with Crippen molar-refractivity contribution in [3.8, 4) is 33.4 Å². The monoisotopic (exact) mass is 563 g/mol. The Balaban J connectivity index is 1.48. The molecule has 7 aromatic rings. The van der Waals surface area contributed by atoms with E-state index in [1.807, 2.05) is 0 Å². The van der Waals surface area contributed by atoms with E-state index >= 15 is 0 Å². The van der Waals surface area contributed by atoms with Gasteiger partial charge in [-0.15, -0.1) is 0 Å². The number of nitrogens with zero attached hydrogens (tertiary/aromatic N) is 1. The van der Waals surface area contributed by atoms with Crippen LogP contribution in [0.1, 0.15) is 25.0 Å². The van der Waals surface area contributed by atoms with Crippen molar-refractivity contribution in [1.29, 1.82) is 0 Å². The molecule has 0 saturated heterocycles. The van der Waals surface area contributed by atoms with E-state index in [0.29, 0.717) is 0 Å². The van der Waals surface area contributed by atoms with Crippen LogP contribution >= 0.6 is 0 Å². The molecule has 0 heterocycles. The molecule has 210 valence electrons. The first-order valence-electron chi connectivity index (χ1n) is 15.4. The molecule has 0 radical (unpaired) electrons. The standard InChI is InChI=1S/C43H33N/c1-43(2)39-27-15-13-25-36(39)38-29-31-19-9-10-23-34(31)42(41(38)43)44(32-20-7-4-8-21-32)40-28-16-14-26-37(40)35-24-12-11-22-33(35)30-17-5-3-6-18-30/h3-29H,1-2H3. The summed E-state index contributed by atoms with van der Waals surface area (Å²) >= 11 is 0. The molecule has 7 aromatic carbocycles. The largest absolute Gasteiger partial charge is 0.309 e. The summed E-state index contributed by atoms with van der Waals surface area (Å²) in [5, 5.41) is 2.50. The maximum Gasteiger partial charge on any atom is 0.0587 e. The van der Waals surface area contributed by atoms with Crippen LogP contribution in [0.15, 0.2) is 164 Å². The van der Waals surface area contributed by atoms with Crippen LogP contribution in [-0.2, 0) is 5.41 Å². The number of rotatable bonds is 5. The average Bonchev–Trinajstić information content (AvgIpc) is 3.31. The van der Waals surface area contributed by atoms with Crippen molar-refractivity contribution in [3.63, 3.8) is 0 Å². The zero-order valence-corrected chi connectivity index (χ0v) is 25.0. The summed E-state index contributed by atoms with van der Waals surface area (Å²) < 4.78 is 0. The lowest BCUT2D eigenvalue weighted by molar-refractivity contribution is 0.661. The van der Waals surface area contributed by atoms with Crippen LogP contribution < -0.4 is 4.90 Å². The summed E-state index contributed by atoms with van der Waals surface area (Å²) in [5.41, 5.74) is 13.6. The quantitative estimate of drug-likeness (QED) is 0.201. The Labute approximate surface area is 259 Å². The third kappa shape index (κ3) is 4.08. The molecule has 0 aliphatic heterocycles. The van der Waals surface area contributed by atoms with E-state index in [2.05, 4.69) is 183 Å². The minimum absolute atomic E-state index is 0.185. The number of anilines is 3. The highest BCUT2D eigenvalue weighted by Crippen LogP contribution is 2.57. The van der Waals surface area contributed by atoms with Crippen LogP contribution in [0.3, 0.4) is 0 Å². The molecule has 0 saturated carbocycles. The van der Waals surface area contributed by atoms with Crippen LogP contribution in [0.2, 0.25) is 0 Å². The second-order valence-corrected chi connectivity index (χ2v) is 12.1. The predicted octanol–water partition coefficient (Wildman–Crippen LogP) is 11.9. The summed E-state index contributed by atoms with van der Waals surface area (Å²) in [6, 6.07) is 59.5. The van der Waals surface area contributed by atoms with Crippen LogP contribution in [0.25, 0.3) is 44.2 Å². The zero-order chi connectivity index (χ0) is 29.7. The molecule has 1 nitrogen and oxygen atoms in total. The second-order valence-electron chi connectivity index (χ2n) is 12.1. The Kier molecular flexibility index (Phi) is 6.20. The molecule has 44 heavy (non-hydrogen) atoms. The van der Waals surface area contributed by atoms with E-state index in [9.17, 15) is 0 Å². The van der Waals surface area contributed by atoms with Crippen molar-refractivity contribution in [2.24, 2.45) is 0 Å². The van der Waals surface area contributed by atoms with Gasteiger partial charge in [-0.1, -0.05) is 153 Å². The van der Waals surface area contributed by atoms with Crippen LogP contribution in [0.5, 0.6) is 0 Å². The average molecular weight is 564 g/mol. The molecule has 1 heteroatoms. The molecule has 1 aliphatic rings. The molecule has 8 rings (SSSR count). The van der Waals surface area contributed by atoms with Gasteiger partial charge in [0.15, 0.2) is 0 Å². The third-order valence-corrected chi connectivity index (χ3v) is 9.22. The Morgan fingerprint density at radius 3 is 1.80 bits per heavy atom. The lowest BCUT2D eigenvalue weighted by Crippen LogP contribution is -2.21. The van der Waals surface area contributed by atoms with Gasteiger partial charge < -0.3 is 4.90 Å². The van der Waals surface area contributed by atoms with Gasteiger partial charge in [-0.3, -0.25) is 0 Å². The number of para-hydroxylation sites is 2. The molecule has 1 aliphatic carbocycles. The minimum Gasteiger partial charge on any atom is -0.309 e. The fourth-order valence-corrected chi connectivity index (χ4v) is 7.25. The summed E-state index contributed by atoms with van der Waals surface area (Å²) in [6.45, 7) is 4.77. The molecule has 0 bridgehead atoms. The molecular formula is C43H33N. The number of hydrogen-bond donors (Lipinski definition) is 0. The third-order valence-electron chi connectivity index (χ3n) is 9.22. The van der Waals surface area contributed by atoms with Gasteiger partial charge in [-0.25, -0.2) is 0 Å². The first-order chi connectivity index (χ1) is 21.6. The van der Waals surface area contributed by atoms with Gasteiger partial charge in [-0.2, -0.15) is 0 Å². The fourth-order valence-electron chi connectivity index (χ4n) is 7.25. The number of fused-ring (bicyclic) bond motifs is 4. The first kappa shape index (κ1) is 26.2. The summed E-state index contributed by atoms with van der Waals surface area (Å²) in [4.78, 5) is 2.52. The van der Waals surface area contributed by atoms with Crippen molar-refractivity contribution < 1.29 is 0 Å². The highest BCUT2D eigenvalue weighted by molar-refractivity contribution is 6.08. The first-order valence-corrected chi connectivity index (χ1v) is 15.4. The van der Waals surface area contributed by atoms with Gasteiger partial charge in [-0.05, 0) is 68.6 Å². The topological polar surface area (TPSA) is 3.24 Å². The Morgan fingerprint density at radius 1 is 0.455 bits per heavy atom. The van der Waals surface area contributed by atoms with Crippen LogP contribution in [0.4, 0.5) is 17.1 Å². The summed E-state index contributed by atoms with van der Waals surface area (Å²) in [6.07, 6.45) is 0. The summed E-state index contributed by atoms with van der Waals surface area (Å²) in [5.74, 6) is 0. The van der Waals surface area contributed by atoms with Crippen LogP contribution in [0, 0.1) is 0 Å². The minimum atomic E-state index is -0.185. The molecule has 0 atom stereocenters. The predicted molar refractivity (Wildman–Crippen MR) is 187 cm³/mol. The van der Waals surface area contributed by atoms with Crippen molar-refractivity contribution in [1.82, 2.24) is 0 Å². The maximum absolute atomic E-state index is 2.52. The van der Waals surface area contributed by atoms with Gasteiger partial charge in [0.1, 0.15) is 0 Å². The SMILES string of the molecule is CC1(C)c2ccccc2-c2cc3ccccc3c(N(c3ccccc3)c3ccccc3-c3ccccc3-c3ccccc3)c21. The zero-order valence-electron chi connectivity index (χ0n) is 25.0. The summed E-state index contributed by atoms with van der Waals surface area (Å²) in [7, 11) is 0. The van der Waals surface area contributed by atoms with Gasteiger partial charge in [0.25, 0.3) is 0 Å². The molecular weight excluding hydrogens is 530 g/mol. The second kappa shape index (κ2) is 10.4. The fraction of sp³-hybridized carbons (Fsp3) is 0.0698. The normalized spacial score (nSPS) is 13.0. The Hall–Kier alpha value is -5.40. The highest BCUT2D eigenvalue weighted by Gasteiger charge is 2.40. The molecule has 0 N–H and O–H groups in total. The molecule has 0 fully saturated rings. The lowest BCUT2D eigenvalue weighted by Gasteiger charge is -2.34.